The average Bonchev–Trinajstić information content (AvgIpc) is 2.54. The van der Waals surface area contributed by atoms with Crippen molar-refractivity contribution in [2.45, 2.75) is 6.18 Å². The van der Waals surface area contributed by atoms with E-state index in [2.05, 4.69) is 15.0 Å². The molecule has 2 N–H and O–H groups in total. The summed E-state index contributed by atoms with van der Waals surface area (Å²) in [6, 6.07) is 1.38. The molecule has 0 aliphatic rings. The van der Waals surface area contributed by atoms with E-state index < -0.39 is 25.2 Å². The standard InChI is InChI=1S/C7H8F3N3O2/c8-7(9,10)4-11-3-6(14)12-5-1-2-15-13-5/h1-2,11H,3-4H2,(H,12,13,14). The highest BCUT2D eigenvalue weighted by Crippen LogP contribution is 2.11. The summed E-state index contributed by atoms with van der Waals surface area (Å²) in [5, 5.41) is 7.53. The maximum Gasteiger partial charge on any atom is 0.401 e. The third-order valence-electron chi connectivity index (χ3n) is 1.32. The van der Waals surface area contributed by atoms with Gasteiger partial charge in [0, 0.05) is 6.07 Å². The summed E-state index contributed by atoms with van der Waals surface area (Å²) in [6.45, 7) is -1.65. The van der Waals surface area contributed by atoms with Crippen molar-refractivity contribution >= 4 is 11.7 Å². The summed E-state index contributed by atoms with van der Waals surface area (Å²) >= 11 is 0. The van der Waals surface area contributed by atoms with E-state index in [4.69, 9.17) is 0 Å². The maximum absolute atomic E-state index is 11.7. The first kappa shape index (κ1) is 11.5. The van der Waals surface area contributed by atoms with Crippen LogP contribution < -0.4 is 10.6 Å². The fourth-order valence-corrected chi connectivity index (χ4v) is 0.782. The van der Waals surface area contributed by atoms with Gasteiger partial charge in [0.1, 0.15) is 6.26 Å². The van der Waals surface area contributed by atoms with E-state index in [1.54, 1.807) is 0 Å². The van der Waals surface area contributed by atoms with E-state index in [0.29, 0.717) is 0 Å². The molecule has 0 aromatic carbocycles. The Morgan fingerprint density at radius 2 is 2.27 bits per heavy atom. The lowest BCUT2D eigenvalue weighted by atomic mass is 10.5. The van der Waals surface area contributed by atoms with Gasteiger partial charge in [-0.05, 0) is 0 Å². The molecule has 0 unspecified atom stereocenters. The van der Waals surface area contributed by atoms with E-state index in [-0.39, 0.29) is 5.82 Å². The fourth-order valence-electron chi connectivity index (χ4n) is 0.782. The third-order valence-corrected chi connectivity index (χ3v) is 1.32. The fraction of sp³-hybridized carbons (Fsp3) is 0.429. The summed E-state index contributed by atoms with van der Waals surface area (Å²) < 4.78 is 39.4. The minimum Gasteiger partial charge on any atom is -0.363 e. The van der Waals surface area contributed by atoms with Gasteiger partial charge in [0.2, 0.25) is 5.91 Å². The van der Waals surface area contributed by atoms with Gasteiger partial charge in [0.05, 0.1) is 13.1 Å². The van der Waals surface area contributed by atoms with Gasteiger partial charge in [-0.3, -0.25) is 4.79 Å². The van der Waals surface area contributed by atoms with Crippen molar-refractivity contribution in [2.24, 2.45) is 0 Å². The summed E-state index contributed by atoms with van der Waals surface area (Å²) in [7, 11) is 0. The SMILES string of the molecule is O=C(CNCC(F)(F)F)Nc1ccon1. The minimum atomic E-state index is -4.33. The summed E-state index contributed by atoms with van der Waals surface area (Å²) in [5.74, 6) is -0.457. The van der Waals surface area contributed by atoms with Crippen LogP contribution >= 0.6 is 0 Å². The van der Waals surface area contributed by atoms with Crippen molar-refractivity contribution < 1.29 is 22.5 Å². The lowest BCUT2D eigenvalue weighted by Gasteiger charge is -2.07. The Labute approximate surface area is 82.6 Å². The zero-order chi connectivity index (χ0) is 11.3. The van der Waals surface area contributed by atoms with E-state index in [1.807, 2.05) is 5.32 Å². The van der Waals surface area contributed by atoms with Crippen molar-refractivity contribution in [3.05, 3.63) is 12.3 Å². The number of halogens is 3. The molecule has 0 atom stereocenters. The molecule has 5 nitrogen and oxygen atoms in total. The number of nitrogens with zero attached hydrogens (tertiary/aromatic N) is 1. The van der Waals surface area contributed by atoms with Gasteiger partial charge in [-0.15, -0.1) is 0 Å². The van der Waals surface area contributed by atoms with Crippen LogP contribution in [0.25, 0.3) is 0 Å². The van der Waals surface area contributed by atoms with E-state index in [1.165, 1.54) is 12.3 Å². The smallest absolute Gasteiger partial charge is 0.363 e. The number of anilines is 1. The number of hydrogen-bond acceptors (Lipinski definition) is 4. The van der Waals surface area contributed by atoms with Crippen LogP contribution in [0.5, 0.6) is 0 Å². The Hall–Kier alpha value is -1.57. The molecule has 84 valence electrons. The topological polar surface area (TPSA) is 67.2 Å². The quantitative estimate of drug-likeness (QED) is 0.790. The normalized spacial score (nSPS) is 11.4. The molecule has 1 aromatic rings. The van der Waals surface area contributed by atoms with Gasteiger partial charge < -0.3 is 15.2 Å². The van der Waals surface area contributed by atoms with Crippen molar-refractivity contribution in [3.8, 4) is 0 Å². The molecular weight excluding hydrogens is 215 g/mol. The predicted octanol–water partition coefficient (Wildman–Crippen LogP) is 0.765. The van der Waals surface area contributed by atoms with E-state index >= 15 is 0 Å². The van der Waals surface area contributed by atoms with Gasteiger partial charge in [0.25, 0.3) is 0 Å². The van der Waals surface area contributed by atoms with Crippen molar-refractivity contribution in [1.82, 2.24) is 10.5 Å². The molecule has 1 heterocycles. The first-order chi connectivity index (χ1) is 6.97. The zero-order valence-corrected chi connectivity index (χ0v) is 7.47. The highest BCUT2D eigenvalue weighted by molar-refractivity contribution is 5.91. The van der Waals surface area contributed by atoms with Crippen LogP contribution in [-0.2, 0) is 4.79 Å². The Bertz CT molecular complexity index is 310. The van der Waals surface area contributed by atoms with Crippen LogP contribution in [-0.4, -0.2) is 30.3 Å². The molecule has 0 saturated heterocycles. The van der Waals surface area contributed by atoms with Gasteiger partial charge in [0.15, 0.2) is 5.82 Å². The van der Waals surface area contributed by atoms with Crippen molar-refractivity contribution in [2.75, 3.05) is 18.4 Å². The molecule has 0 radical (unpaired) electrons. The lowest BCUT2D eigenvalue weighted by molar-refractivity contribution is -0.126. The molecule has 1 rings (SSSR count). The van der Waals surface area contributed by atoms with Crippen LogP contribution in [0.15, 0.2) is 16.9 Å². The zero-order valence-electron chi connectivity index (χ0n) is 7.47. The Morgan fingerprint density at radius 1 is 1.53 bits per heavy atom. The monoisotopic (exact) mass is 223 g/mol. The number of amides is 1. The minimum absolute atomic E-state index is 0.161. The molecule has 0 spiro atoms. The predicted molar refractivity (Wildman–Crippen MR) is 44.1 cm³/mol. The number of rotatable bonds is 4. The largest absolute Gasteiger partial charge is 0.401 e. The molecule has 15 heavy (non-hydrogen) atoms. The lowest BCUT2D eigenvalue weighted by Crippen LogP contribution is -2.35. The van der Waals surface area contributed by atoms with Crippen LogP contribution in [0.2, 0.25) is 0 Å². The van der Waals surface area contributed by atoms with Crippen LogP contribution in [0, 0.1) is 0 Å². The number of nitrogens with one attached hydrogen (secondary N) is 2. The Morgan fingerprint density at radius 3 is 2.80 bits per heavy atom. The van der Waals surface area contributed by atoms with Crippen LogP contribution in [0.1, 0.15) is 0 Å². The number of hydrogen-bond donors (Lipinski definition) is 2. The van der Waals surface area contributed by atoms with Gasteiger partial charge in [-0.25, -0.2) is 0 Å². The maximum atomic E-state index is 11.7. The Kier molecular flexibility index (Phi) is 3.67. The second-order valence-corrected chi connectivity index (χ2v) is 2.65. The van der Waals surface area contributed by atoms with Crippen LogP contribution in [0.3, 0.4) is 0 Å². The first-order valence-electron chi connectivity index (χ1n) is 3.95. The molecular formula is C7H8F3N3O2. The van der Waals surface area contributed by atoms with Gasteiger partial charge >= 0.3 is 6.18 Å². The highest BCUT2D eigenvalue weighted by atomic mass is 19.4. The number of aromatic nitrogens is 1. The first-order valence-corrected chi connectivity index (χ1v) is 3.95. The van der Waals surface area contributed by atoms with E-state index in [9.17, 15) is 18.0 Å². The van der Waals surface area contributed by atoms with E-state index in [0.717, 1.165) is 0 Å². The molecule has 1 amide bonds. The molecule has 0 fully saturated rings. The number of carbonyl (C=O) groups excluding carboxylic acids is 1. The van der Waals surface area contributed by atoms with Gasteiger partial charge in [-0.1, -0.05) is 5.16 Å². The summed E-state index contributed by atoms with van der Waals surface area (Å²) in [4.78, 5) is 11.0. The molecule has 1 aromatic heterocycles. The molecule has 8 heteroatoms. The van der Waals surface area contributed by atoms with Crippen molar-refractivity contribution in [3.63, 3.8) is 0 Å². The third kappa shape index (κ3) is 5.01. The summed E-state index contributed by atoms with van der Waals surface area (Å²) in [5.41, 5.74) is 0. The number of alkyl halides is 3. The second kappa shape index (κ2) is 4.78. The van der Waals surface area contributed by atoms with Gasteiger partial charge in [-0.2, -0.15) is 13.2 Å². The Balaban J connectivity index is 2.20. The highest BCUT2D eigenvalue weighted by Gasteiger charge is 2.26. The molecule has 0 aliphatic heterocycles. The number of carbonyl (C=O) groups is 1. The van der Waals surface area contributed by atoms with Crippen molar-refractivity contribution in [1.29, 1.82) is 0 Å². The second-order valence-electron chi connectivity index (χ2n) is 2.65. The van der Waals surface area contributed by atoms with Crippen LogP contribution in [0.4, 0.5) is 19.0 Å². The molecule has 0 saturated carbocycles. The molecule has 0 bridgehead atoms. The average molecular weight is 223 g/mol. The summed E-state index contributed by atoms with van der Waals surface area (Å²) in [6.07, 6.45) is -3.09. The molecule has 0 aliphatic carbocycles.